The number of aryl methyl sites for hydroxylation is 8. The molecule has 0 bridgehead atoms. The monoisotopic (exact) mass is 1050 g/mol. The normalized spacial score (nSPS) is 11.2. The van der Waals surface area contributed by atoms with Crippen molar-refractivity contribution in [1.82, 2.24) is 0 Å². The van der Waals surface area contributed by atoms with Gasteiger partial charge in [0.25, 0.3) is 0 Å². The Kier molecular flexibility index (Phi) is 20.0. The highest BCUT2D eigenvalue weighted by atomic mass is 32.2. The molecular formula is C52H54N4O12S4. The third kappa shape index (κ3) is 17.8. The quantitative estimate of drug-likeness (QED) is 0.140. The van der Waals surface area contributed by atoms with Crippen molar-refractivity contribution in [3.63, 3.8) is 0 Å². The molecule has 378 valence electrons. The van der Waals surface area contributed by atoms with E-state index in [0.717, 1.165) is 22.3 Å². The Bertz CT molecular complexity index is 3160. The summed E-state index contributed by atoms with van der Waals surface area (Å²) in [5.74, 6) is 0. The van der Waals surface area contributed by atoms with Crippen molar-refractivity contribution in [3.05, 3.63) is 205 Å². The highest BCUT2D eigenvalue weighted by Crippen LogP contribution is 2.34. The summed E-state index contributed by atoms with van der Waals surface area (Å²) in [6.07, 6.45) is 12.6. The Labute approximate surface area is 422 Å². The van der Waals surface area contributed by atoms with E-state index in [1.165, 1.54) is 82.2 Å². The molecule has 0 saturated carbocycles. The molecule has 0 unspecified atom stereocenters. The van der Waals surface area contributed by atoms with Gasteiger partial charge in [0.15, 0.2) is 37.2 Å². The van der Waals surface area contributed by atoms with Gasteiger partial charge in [-0.1, -0.05) is 70.8 Å². The van der Waals surface area contributed by atoms with Crippen LogP contribution in [0.2, 0.25) is 0 Å². The lowest BCUT2D eigenvalue weighted by Gasteiger charge is -2.10. The molecule has 0 atom stereocenters. The van der Waals surface area contributed by atoms with E-state index in [1.54, 1.807) is 48.5 Å². The van der Waals surface area contributed by atoms with Crippen LogP contribution in [-0.4, -0.2) is 51.9 Å². The zero-order valence-corrected chi connectivity index (χ0v) is 43.9. The first kappa shape index (κ1) is 57.7. The van der Waals surface area contributed by atoms with Crippen molar-refractivity contribution in [2.75, 3.05) is 0 Å². The first-order valence-corrected chi connectivity index (χ1v) is 27.2. The second kappa shape index (κ2) is 25.0. The van der Waals surface area contributed by atoms with Gasteiger partial charge in [-0.3, -0.25) is 0 Å². The third-order valence-corrected chi connectivity index (χ3v) is 13.8. The van der Waals surface area contributed by atoms with Crippen LogP contribution < -0.4 is 18.3 Å². The topological polar surface area (TPSA) is 244 Å². The van der Waals surface area contributed by atoms with E-state index in [1.807, 2.05) is 41.8 Å². The Balaban J connectivity index is 0.000000214. The fourth-order valence-corrected chi connectivity index (χ4v) is 8.39. The van der Waals surface area contributed by atoms with Gasteiger partial charge in [-0.05, 0) is 88.4 Å². The van der Waals surface area contributed by atoms with Crippen LogP contribution in [0.3, 0.4) is 0 Å². The molecule has 0 aliphatic rings. The molecule has 4 aromatic heterocycles. The predicted octanol–water partition coefficient (Wildman–Crippen LogP) is 5.58. The highest BCUT2D eigenvalue weighted by Gasteiger charge is 2.25. The smallest absolute Gasteiger partial charge is 0.220 e. The zero-order valence-electron chi connectivity index (χ0n) is 40.6. The molecule has 0 saturated heterocycles. The van der Waals surface area contributed by atoms with Crippen molar-refractivity contribution >= 4 is 40.5 Å². The van der Waals surface area contributed by atoms with Crippen molar-refractivity contribution < 1.29 is 70.2 Å². The van der Waals surface area contributed by atoms with Gasteiger partial charge in [0.2, 0.25) is 11.4 Å². The van der Waals surface area contributed by atoms with E-state index in [0.29, 0.717) is 0 Å². The van der Waals surface area contributed by atoms with E-state index in [2.05, 4.69) is 118 Å². The first-order valence-electron chi connectivity index (χ1n) is 21.5. The molecule has 72 heavy (non-hydrogen) atoms. The molecule has 0 radical (unpaired) electrons. The summed E-state index contributed by atoms with van der Waals surface area (Å²) < 4.78 is 133. The van der Waals surface area contributed by atoms with E-state index in [9.17, 15) is 51.9 Å². The molecule has 0 fully saturated rings. The largest absolute Gasteiger partial charge is 0.744 e. The average molecular weight is 1060 g/mol. The standard InChI is InChI=1S/C24H26N4.4C7H8O3S/c1-25-15-9-19(10-16-25)23-21(7-5-13-27(23)3)22-8-6-14-28(4)24(22)20-11-17-26(2)18-12-20;4*1-6-2-4-7(5-3-6)11(8,9)10/h5-18H,1-4H3;4*2-5H,1H3,(H,8,9,10)/q+4;;;;/p-4. The lowest BCUT2D eigenvalue weighted by molar-refractivity contribution is -0.672. The Hall–Kier alpha value is -6.88. The van der Waals surface area contributed by atoms with Gasteiger partial charge in [-0.25, -0.2) is 51.9 Å². The lowest BCUT2D eigenvalue weighted by Crippen LogP contribution is -2.34. The summed E-state index contributed by atoms with van der Waals surface area (Å²) in [5.41, 5.74) is 11.0. The van der Waals surface area contributed by atoms with Crippen molar-refractivity contribution in [3.8, 4) is 33.6 Å². The van der Waals surface area contributed by atoms with Crippen molar-refractivity contribution in [1.29, 1.82) is 0 Å². The maximum Gasteiger partial charge on any atom is 0.220 e. The summed E-state index contributed by atoms with van der Waals surface area (Å²) in [7, 11) is -8.78. The van der Waals surface area contributed by atoms with E-state index in [4.69, 9.17) is 0 Å². The fourth-order valence-electron chi connectivity index (χ4n) is 6.51. The van der Waals surface area contributed by atoms with Crippen molar-refractivity contribution in [2.45, 2.75) is 47.3 Å². The third-order valence-electron chi connectivity index (χ3n) is 10.4. The van der Waals surface area contributed by atoms with Crippen LogP contribution in [0.5, 0.6) is 0 Å². The minimum atomic E-state index is -4.27. The molecule has 0 amide bonds. The molecule has 4 heterocycles. The number of pyridine rings is 4. The fraction of sp³-hybridized carbons (Fsp3) is 0.154. The minimum Gasteiger partial charge on any atom is -0.744 e. The number of aromatic nitrogens is 4. The summed E-state index contributed by atoms with van der Waals surface area (Å²) in [5, 5.41) is 0. The Morgan fingerprint density at radius 3 is 0.708 bits per heavy atom. The molecule has 0 spiro atoms. The van der Waals surface area contributed by atoms with Crippen molar-refractivity contribution in [2.24, 2.45) is 28.2 Å². The maximum atomic E-state index is 10.4. The number of nitrogens with zero attached hydrogens (tertiary/aromatic N) is 4. The highest BCUT2D eigenvalue weighted by molar-refractivity contribution is 7.86. The van der Waals surface area contributed by atoms with Crippen LogP contribution >= 0.6 is 0 Å². The molecule has 20 heteroatoms. The van der Waals surface area contributed by atoms with Crippen LogP contribution in [0.4, 0.5) is 0 Å². The van der Waals surface area contributed by atoms with Crippen LogP contribution in [0.25, 0.3) is 33.6 Å². The summed E-state index contributed by atoms with van der Waals surface area (Å²) in [6, 6.07) is 40.5. The lowest BCUT2D eigenvalue weighted by atomic mass is 9.95. The van der Waals surface area contributed by atoms with Gasteiger partial charge in [0.05, 0.1) is 41.8 Å². The minimum absolute atomic E-state index is 0.178. The predicted molar refractivity (Wildman–Crippen MR) is 264 cm³/mol. The average Bonchev–Trinajstić information content (AvgIpc) is 3.30. The number of hydrogen-bond donors (Lipinski definition) is 0. The summed E-state index contributed by atoms with van der Waals surface area (Å²) in [6.45, 7) is 7.28. The second-order valence-corrected chi connectivity index (χ2v) is 21.9. The number of benzene rings is 4. The van der Waals surface area contributed by atoms with Gasteiger partial charge in [-0.15, -0.1) is 0 Å². The molecule has 8 aromatic rings. The zero-order chi connectivity index (χ0) is 53.6. The van der Waals surface area contributed by atoms with Crippen LogP contribution in [-0.2, 0) is 68.7 Å². The maximum absolute atomic E-state index is 10.4. The number of hydrogen-bond acceptors (Lipinski definition) is 12. The van der Waals surface area contributed by atoms with E-state index in [-0.39, 0.29) is 19.6 Å². The SMILES string of the molecule is C[n+]1ccc(-c2c(-c3ccc[n+](C)c3-c3cc[n+](C)cc3)ccc[n+]2C)cc1.Cc1ccc(S(=O)(=O)[O-])cc1.Cc1ccc(S(=O)(=O)[O-])cc1.Cc1ccc(S(=O)(=O)[O-])cc1.Cc1ccc(S(=O)(=O)[O-])cc1. The van der Waals surface area contributed by atoms with Crippen LogP contribution in [0, 0.1) is 27.7 Å². The van der Waals surface area contributed by atoms with Gasteiger partial charge in [0, 0.05) is 36.4 Å². The van der Waals surface area contributed by atoms with E-state index < -0.39 is 40.5 Å². The molecule has 0 N–H and O–H groups in total. The molecule has 0 aliphatic carbocycles. The van der Waals surface area contributed by atoms with Gasteiger partial charge in [-0.2, -0.15) is 0 Å². The first-order chi connectivity index (χ1) is 33.5. The van der Waals surface area contributed by atoms with Gasteiger partial charge >= 0.3 is 0 Å². The molecule has 8 rings (SSSR count). The van der Waals surface area contributed by atoms with Gasteiger partial charge in [0.1, 0.15) is 68.7 Å². The van der Waals surface area contributed by atoms with Crippen LogP contribution in [0.1, 0.15) is 22.3 Å². The second-order valence-electron chi connectivity index (χ2n) is 16.3. The molecule has 4 aromatic carbocycles. The Morgan fingerprint density at radius 2 is 0.514 bits per heavy atom. The molecular weight excluding hydrogens is 1000 g/mol. The van der Waals surface area contributed by atoms with E-state index >= 15 is 0 Å². The number of rotatable bonds is 7. The van der Waals surface area contributed by atoms with Gasteiger partial charge < -0.3 is 18.2 Å². The summed E-state index contributed by atoms with van der Waals surface area (Å²) in [4.78, 5) is -0.711. The molecule has 0 aliphatic heterocycles. The Morgan fingerprint density at radius 1 is 0.306 bits per heavy atom. The van der Waals surface area contributed by atoms with Crippen LogP contribution in [0.15, 0.2) is 202 Å². The molecule has 16 nitrogen and oxygen atoms in total. The summed E-state index contributed by atoms with van der Waals surface area (Å²) >= 11 is 0.